The van der Waals surface area contributed by atoms with E-state index in [4.69, 9.17) is 14.2 Å². The highest BCUT2D eigenvalue weighted by Gasteiger charge is 2.53. The number of carbonyl (C=O) groups excluding carboxylic acids is 4. The molecule has 0 fully saturated rings. The summed E-state index contributed by atoms with van der Waals surface area (Å²) in [5.74, 6) is -4.76. The smallest absolute Gasteiger partial charge is 0.341 e. The summed E-state index contributed by atoms with van der Waals surface area (Å²) in [5, 5.41) is 0. The second-order valence-corrected chi connectivity index (χ2v) is 16.7. The van der Waals surface area contributed by atoms with Crippen LogP contribution in [0, 0.1) is 23.7 Å². The van der Waals surface area contributed by atoms with Crippen LogP contribution in [0.2, 0.25) is 0 Å². The van der Waals surface area contributed by atoms with E-state index in [0.717, 1.165) is 49.7 Å². The molecule has 0 N–H and O–H groups in total. The highest BCUT2D eigenvalue weighted by atomic mass is 16.5. The van der Waals surface area contributed by atoms with Gasteiger partial charge in [-0.15, -0.1) is 0 Å². The van der Waals surface area contributed by atoms with Gasteiger partial charge in [0.2, 0.25) is 0 Å². The lowest BCUT2D eigenvalue weighted by Crippen LogP contribution is -2.48. The molecule has 0 radical (unpaired) electrons. The molecule has 4 atom stereocenters. The number of carbonyl (C=O) groups is 4. The number of ketones is 1. The normalized spacial score (nSPS) is 19.6. The number of Topliss-reactive ketones (excluding diaryl/α,β-unsaturated/α-hetero) is 1. The molecule has 4 unspecified atom stereocenters. The Morgan fingerprint density at radius 2 is 0.909 bits per heavy atom. The third-order valence-corrected chi connectivity index (χ3v) is 12.4. The lowest BCUT2D eigenvalue weighted by Gasteiger charge is -2.43. The van der Waals surface area contributed by atoms with Gasteiger partial charge >= 0.3 is 17.9 Å². The van der Waals surface area contributed by atoms with E-state index in [9.17, 15) is 19.2 Å². The van der Waals surface area contributed by atoms with E-state index in [1.165, 1.54) is 163 Å². The van der Waals surface area contributed by atoms with E-state index in [1.54, 1.807) is 6.08 Å². The molecule has 0 saturated heterocycles. The van der Waals surface area contributed by atoms with E-state index in [2.05, 4.69) is 13.8 Å². The first-order valence-electron chi connectivity index (χ1n) is 23.1. The second-order valence-electron chi connectivity index (χ2n) is 16.7. The molecule has 316 valence electrons. The minimum absolute atomic E-state index is 0.0692. The Kier molecular flexibility index (Phi) is 27.2. The molecule has 0 bridgehead atoms. The summed E-state index contributed by atoms with van der Waals surface area (Å²) < 4.78 is 15.7. The Balaban J connectivity index is 1.96. The van der Waals surface area contributed by atoms with Crippen LogP contribution in [-0.4, -0.2) is 45.0 Å². The molecule has 0 saturated carbocycles. The van der Waals surface area contributed by atoms with Crippen LogP contribution in [0.1, 0.15) is 213 Å². The van der Waals surface area contributed by atoms with Gasteiger partial charge in [0.05, 0.1) is 33.2 Å². The molecule has 2 rings (SSSR count). The van der Waals surface area contributed by atoms with Gasteiger partial charge in [-0.3, -0.25) is 14.4 Å². The van der Waals surface area contributed by atoms with Crippen molar-refractivity contribution < 1.29 is 33.4 Å². The molecular formula is C48H82O7. The molecule has 0 aromatic heterocycles. The number of hydrogen-bond donors (Lipinski definition) is 0. The van der Waals surface area contributed by atoms with E-state index in [1.807, 2.05) is 0 Å². The van der Waals surface area contributed by atoms with E-state index >= 15 is 0 Å². The molecule has 2 aliphatic carbocycles. The Bertz CT molecular complexity index is 1150. The van der Waals surface area contributed by atoms with Gasteiger partial charge in [0, 0.05) is 5.92 Å². The zero-order valence-corrected chi connectivity index (χ0v) is 36.2. The van der Waals surface area contributed by atoms with Crippen molar-refractivity contribution in [1.82, 2.24) is 0 Å². The molecular weight excluding hydrogens is 689 g/mol. The lowest BCUT2D eigenvalue weighted by atomic mass is 9.59. The number of esters is 3. The van der Waals surface area contributed by atoms with Crippen molar-refractivity contribution in [2.24, 2.45) is 23.7 Å². The molecule has 0 aromatic carbocycles. The summed E-state index contributed by atoms with van der Waals surface area (Å²) in [7, 11) is 4.02. The zero-order valence-electron chi connectivity index (χ0n) is 36.2. The molecule has 7 nitrogen and oxygen atoms in total. The summed E-state index contributed by atoms with van der Waals surface area (Å²) in [5.41, 5.74) is 1.69. The summed E-state index contributed by atoms with van der Waals surface area (Å²) >= 11 is 0. The van der Waals surface area contributed by atoms with Crippen molar-refractivity contribution in [3.05, 3.63) is 22.8 Å². The maximum atomic E-state index is 14.3. The van der Waals surface area contributed by atoms with Crippen LogP contribution in [0.15, 0.2) is 22.8 Å². The number of fused-ring (bicyclic) bond motifs is 1. The highest BCUT2D eigenvalue weighted by molar-refractivity contribution is 6.20. The van der Waals surface area contributed by atoms with Gasteiger partial charge in [-0.25, -0.2) is 4.79 Å². The van der Waals surface area contributed by atoms with Crippen LogP contribution in [0.3, 0.4) is 0 Å². The number of methoxy groups -OCH3 is 3. The van der Waals surface area contributed by atoms with Crippen LogP contribution in [0.5, 0.6) is 0 Å². The average molecular weight is 771 g/mol. The molecule has 0 heterocycles. The number of rotatable bonds is 33. The number of hydrogen-bond acceptors (Lipinski definition) is 7. The van der Waals surface area contributed by atoms with Gasteiger partial charge in [-0.1, -0.05) is 198 Å². The molecule has 2 aliphatic rings. The van der Waals surface area contributed by atoms with Gasteiger partial charge in [-0.2, -0.15) is 0 Å². The van der Waals surface area contributed by atoms with Gasteiger partial charge in [-0.05, 0) is 38.0 Å². The van der Waals surface area contributed by atoms with Gasteiger partial charge < -0.3 is 14.2 Å². The van der Waals surface area contributed by atoms with Crippen LogP contribution in [0.4, 0.5) is 0 Å². The topological polar surface area (TPSA) is 96.0 Å². The van der Waals surface area contributed by atoms with Crippen LogP contribution in [-0.2, 0) is 33.4 Å². The Morgan fingerprint density at radius 3 is 1.29 bits per heavy atom. The number of unbranched alkanes of at least 4 members (excludes halogenated alkanes) is 26. The fourth-order valence-electron chi connectivity index (χ4n) is 9.19. The first kappa shape index (κ1) is 48.7. The van der Waals surface area contributed by atoms with E-state index in [0.29, 0.717) is 19.3 Å². The van der Waals surface area contributed by atoms with Crippen LogP contribution >= 0.6 is 0 Å². The van der Waals surface area contributed by atoms with Crippen molar-refractivity contribution in [3.8, 4) is 0 Å². The predicted molar refractivity (Wildman–Crippen MR) is 225 cm³/mol. The Hall–Kier alpha value is -2.44. The first-order valence-corrected chi connectivity index (χ1v) is 23.1. The van der Waals surface area contributed by atoms with E-state index < -0.39 is 41.4 Å². The Morgan fingerprint density at radius 1 is 0.527 bits per heavy atom. The predicted octanol–water partition coefficient (Wildman–Crippen LogP) is 12.9. The fraction of sp³-hybridized carbons (Fsp3) is 0.833. The average Bonchev–Trinajstić information content (AvgIpc) is 3.19. The van der Waals surface area contributed by atoms with Crippen molar-refractivity contribution in [2.45, 2.75) is 213 Å². The monoisotopic (exact) mass is 771 g/mol. The lowest BCUT2D eigenvalue weighted by molar-refractivity contribution is -0.155. The summed E-state index contributed by atoms with van der Waals surface area (Å²) in [6.07, 6.45) is 38.7. The van der Waals surface area contributed by atoms with E-state index in [-0.39, 0.29) is 11.5 Å². The third kappa shape index (κ3) is 18.1. The summed E-state index contributed by atoms with van der Waals surface area (Å²) in [6.45, 7) is 4.53. The van der Waals surface area contributed by atoms with Crippen molar-refractivity contribution >= 4 is 23.7 Å². The van der Waals surface area contributed by atoms with Crippen molar-refractivity contribution in [2.75, 3.05) is 21.3 Å². The zero-order chi connectivity index (χ0) is 40.1. The van der Waals surface area contributed by atoms with Gasteiger partial charge in [0.1, 0.15) is 5.57 Å². The number of allylic oxidation sites excluding steroid dienone is 1. The molecule has 0 amide bonds. The maximum Gasteiger partial charge on any atom is 0.341 e. The second kappa shape index (κ2) is 30.7. The standard InChI is InChI=1S/C48H82O7/c1-6-8-10-12-14-16-18-20-22-24-26-28-30-32-34-38-37-41(46(50)53-3)44-40(42(38)47(51)54-4)36-39(43(45(44)49)48(52)55-5)35-33-31-29-27-25-23-21-19-17-15-13-11-9-7-2/h37,40-42,44H,6-36H2,1-5H3. The molecule has 7 heteroatoms. The van der Waals surface area contributed by atoms with Crippen molar-refractivity contribution in [1.29, 1.82) is 0 Å². The Labute approximate surface area is 336 Å². The van der Waals surface area contributed by atoms with Crippen molar-refractivity contribution in [3.63, 3.8) is 0 Å². The summed E-state index contributed by atoms with van der Waals surface area (Å²) in [6, 6.07) is 0. The van der Waals surface area contributed by atoms with Crippen LogP contribution in [0.25, 0.3) is 0 Å². The maximum absolute atomic E-state index is 14.3. The molecule has 0 aromatic rings. The fourth-order valence-corrected chi connectivity index (χ4v) is 9.19. The SMILES string of the molecule is CCCCCCCCCCCCCCCCC1=CC(C(=O)OC)C2C(=O)C(C(=O)OC)=C(CCCCCCCCCCCCCCCC)CC2C1C(=O)OC. The minimum Gasteiger partial charge on any atom is -0.469 e. The summed E-state index contributed by atoms with van der Waals surface area (Å²) in [4.78, 5) is 54.1. The molecule has 55 heavy (non-hydrogen) atoms. The van der Waals surface area contributed by atoms with Gasteiger partial charge in [0.25, 0.3) is 0 Å². The highest BCUT2D eigenvalue weighted by Crippen LogP contribution is 2.49. The third-order valence-electron chi connectivity index (χ3n) is 12.4. The van der Waals surface area contributed by atoms with Crippen LogP contribution < -0.4 is 0 Å². The van der Waals surface area contributed by atoms with Gasteiger partial charge in [0.15, 0.2) is 5.78 Å². The molecule has 0 spiro atoms. The minimum atomic E-state index is -0.870. The first-order chi connectivity index (χ1) is 26.9. The largest absolute Gasteiger partial charge is 0.469 e. The quantitative estimate of drug-likeness (QED) is 0.0215. The number of ether oxygens (including phenoxy) is 3. The molecule has 0 aliphatic heterocycles.